The van der Waals surface area contributed by atoms with Gasteiger partial charge in [0.15, 0.2) is 0 Å². The van der Waals surface area contributed by atoms with Crippen molar-refractivity contribution in [2.75, 3.05) is 13.2 Å². The molecule has 0 aromatic rings. The number of carbonyl (C=O) groups is 1. The Morgan fingerprint density at radius 1 is 0.905 bits per heavy atom. The molecule has 0 saturated carbocycles. The van der Waals surface area contributed by atoms with Crippen LogP contribution >= 0.6 is 0 Å². The lowest BCUT2D eigenvalue weighted by Crippen LogP contribution is -2.53. The minimum Gasteiger partial charge on any atom is -0.461 e. The summed E-state index contributed by atoms with van der Waals surface area (Å²) in [7, 11) is 0. The Kier molecular flexibility index (Phi) is 12.6. The fourth-order valence-corrected chi connectivity index (χ4v) is 2.29. The van der Waals surface area contributed by atoms with E-state index in [0.717, 1.165) is 12.8 Å². The molecule has 0 aromatic carbocycles. The molecule has 0 heterocycles. The lowest BCUT2D eigenvalue weighted by molar-refractivity contribution is -0.143. The van der Waals surface area contributed by atoms with Crippen LogP contribution in [0, 0.1) is 0 Å². The molecule has 126 valence electrons. The number of ether oxygens (including phenoxy) is 1. The highest BCUT2D eigenvalue weighted by Gasteiger charge is 2.20. The minimum atomic E-state index is -0.926. The van der Waals surface area contributed by atoms with Crippen LogP contribution < -0.4 is 17.2 Å². The van der Waals surface area contributed by atoms with E-state index in [-0.39, 0.29) is 13.2 Å². The smallest absolute Gasteiger partial charge is 0.319 e. The maximum absolute atomic E-state index is 10.9. The first-order valence-corrected chi connectivity index (χ1v) is 8.45. The molecule has 5 nitrogen and oxygen atoms in total. The van der Waals surface area contributed by atoms with Crippen molar-refractivity contribution < 1.29 is 9.53 Å². The predicted molar refractivity (Wildman–Crippen MR) is 87.6 cm³/mol. The Balaban J connectivity index is 3.38. The highest BCUT2D eigenvalue weighted by atomic mass is 16.5. The van der Waals surface area contributed by atoms with Crippen LogP contribution in [0.1, 0.15) is 77.6 Å². The largest absolute Gasteiger partial charge is 0.461 e. The minimum absolute atomic E-state index is 0.0421. The van der Waals surface area contributed by atoms with Gasteiger partial charge in [0.2, 0.25) is 0 Å². The molecular weight excluding hydrogens is 266 g/mol. The molecule has 0 rings (SSSR count). The van der Waals surface area contributed by atoms with Crippen LogP contribution in [0.2, 0.25) is 0 Å². The summed E-state index contributed by atoms with van der Waals surface area (Å²) < 4.78 is 4.88. The van der Waals surface area contributed by atoms with Gasteiger partial charge in [0.05, 0.1) is 12.2 Å². The molecule has 0 unspecified atom stereocenters. The number of hydrogen-bond acceptors (Lipinski definition) is 5. The van der Waals surface area contributed by atoms with Gasteiger partial charge < -0.3 is 21.9 Å². The Morgan fingerprint density at radius 3 is 1.86 bits per heavy atom. The number of hydrogen-bond donors (Lipinski definition) is 3. The molecule has 0 aromatic heterocycles. The fourth-order valence-electron chi connectivity index (χ4n) is 2.29. The van der Waals surface area contributed by atoms with Crippen molar-refractivity contribution in [1.82, 2.24) is 0 Å². The van der Waals surface area contributed by atoms with Crippen LogP contribution in [0.3, 0.4) is 0 Å². The van der Waals surface area contributed by atoms with Crippen molar-refractivity contribution >= 4 is 5.97 Å². The molecule has 5 heteroatoms. The lowest BCUT2D eigenvalue weighted by Gasteiger charge is -2.23. The molecule has 0 aliphatic heterocycles. The molecule has 0 bridgehead atoms. The topological polar surface area (TPSA) is 104 Å². The summed E-state index contributed by atoms with van der Waals surface area (Å²) in [6.07, 6.45) is 13.4. The van der Waals surface area contributed by atoms with Crippen LogP contribution in [0.5, 0.6) is 0 Å². The summed E-state index contributed by atoms with van der Waals surface area (Å²) in [5.74, 6) is -0.460. The van der Waals surface area contributed by atoms with E-state index in [1.54, 1.807) is 0 Å². The molecule has 0 fully saturated rings. The first-order chi connectivity index (χ1) is 10.0. The number of rotatable bonds is 14. The maximum Gasteiger partial charge on any atom is 0.319 e. The molecule has 0 spiro atoms. The lowest BCUT2D eigenvalue weighted by atomic mass is 10.0. The van der Waals surface area contributed by atoms with Gasteiger partial charge in [-0.05, 0) is 6.42 Å². The second-order valence-corrected chi connectivity index (χ2v) is 6.03. The van der Waals surface area contributed by atoms with Crippen LogP contribution in [0.15, 0.2) is 0 Å². The van der Waals surface area contributed by atoms with Crippen molar-refractivity contribution in [3.8, 4) is 0 Å². The third-order valence-corrected chi connectivity index (χ3v) is 3.66. The van der Waals surface area contributed by atoms with E-state index in [1.807, 2.05) is 0 Å². The zero-order valence-corrected chi connectivity index (χ0v) is 13.7. The highest BCUT2D eigenvalue weighted by molar-refractivity contribution is 5.71. The van der Waals surface area contributed by atoms with Gasteiger partial charge in [-0.3, -0.25) is 4.79 Å². The summed E-state index contributed by atoms with van der Waals surface area (Å²) in [4.78, 5) is 10.9. The quantitative estimate of drug-likeness (QED) is 0.260. The van der Waals surface area contributed by atoms with Crippen LogP contribution in [0.25, 0.3) is 0 Å². The van der Waals surface area contributed by atoms with Gasteiger partial charge in [-0.15, -0.1) is 0 Å². The van der Waals surface area contributed by atoms with Gasteiger partial charge in [-0.1, -0.05) is 71.1 Å². The Morgan fingerprint density at radius 2 is 1.38 bits per heavy atom. The first kappa shape index (κ1) is 20.3. The molecular formula is C16H35N3O2. The summed E-state index contributed by atoms with van der Waals surface area (Å²) in [5.41, 5.74) is 16.0. The van der Waals surface area contributed by atoms with Crippen molar-refractivity contribution in [3.63, 3.8) is 0 Å². The van der Waals surface area contributed by atoms with E-state index in [1.165, 1.54) is 51.4 Å². The second-order valence-electron chi connectivity index (χ2n) is 6.03. The van der Waals surface area contributed by atoms with Crippen LogP contribution in [-0.4, -0.2) is 24.8 Å². The van der Waals surface area contributed by atoms with Crippen molar-refractivity contribution in [3.05, 3.63) is 0 Å². The van der Waals surface area contributed by atoms with E-state index in [0.29, 0.717) is 6.42 Å². The van der Waals surface area contributed by atoms with Crippen molar-refractivity contribution in [1.29, 1.82) is 0 Å². The molecule has 0 saturated heterocycles. The van der Waals surface area contributed by atoms with E-state index in [9.17, 15) is 4.79 Å². The van der Waals surface area contributed by atoms with Crippen LogP contribution in [-0.2, 0) is 9.53 Å². The zero-order chi connectivity index (χ0) is 16.0. The number of carbonyl (C=O) groups excluding carboxylic acids is 1. The number of unbranched alkanes of at least 4 members (excludes halogenated alkanes) is 9. The Bertz CT molecular complexity index is 258. The fraction of sp³-hybridized carbons (Fsp3) is 0.938. The maximum atomic E-state index is 10.9. The molecule has 0 atom stereocenters. The third-order valence-electron chi connectivity index (χ3n) is 3.66. The van der Waals surface area contributed by atoms with Crippen LogP contribution in [0.4, 0.5) is 0 Å². The van der Waals surface area contributed by atoms with Gasteiger partial charge >= 0.3 is 5.97 Å². The van der Waals surface area contributed by atoms with Crippen molar-refractivity contribution in [2.24, 2.45) is 17.2 Å². The van der Waals surface area contributed by atoms with E-state index in [4.69, 9.17) is 21.9 Å². The Labute approximate surface area is 130 Å². The molecule has 0 amide bonds. The molecule has 0 radical (unpaired) electrons. The highest BCUT2D eigenvalue weighted by Crippen LogP contribution is 2.13. The number of esters is 1. The van der Waals surface area contributed by atoms with Gasteiger partial charge in [0, 0.05) is 0 Å². The standard InChI is InChI=1S/C16H35N3O2/c1-2-3-4-5-6-7-8-9-10-11-12-16(18,19)14-21-15(20)13-17/h2-14,17-19H2,1H3. The summed E-state index contributed by atoms with van der Waals surface area (Å²) in [6, 6.07) is 0. The summed E-state index contributed by atoms with van der Waals surface area (Å²) in [6.45, 7) is 2.15. The Hall–Kier alpha value is -0.650. The monoisotopic (exact) mass is 301 g/mol. The third kappa shape index (κ3) is 14.1. The predicted octanol–water partition coefficient (Wildman–Crippen LogP) is 2.41. The van der Waals surface area contributed by atoms with E-state index < -0.39 is 11.6 Å². The molecule has 6 N–H and O–H groups in total. The van der Waals surface area contributed by atoms with E-state index >= 15 is 0 Å². The molecule has 0 aliphatic carbocycles. The number of nitrogens with two attached hydrogens (primary N) is 3. The van der Waals surface area contributed by atoms with Gasteiger partial charge in [-0.25, -0.2) is 0 Å². The second kappa shape index (κ2) is 13.0. The van der Waals surface area contributed by atoms with Gasteiger partial charge in [-0.2, -0.15) is 0 Å². The zero-order valence-electron chi connectivity index (χ0n) is 13.7. The van der Waals surface area contributed by atoms with Crippen molar-refractivity contribution in [2.45, 2.75) is 83.2 Å². The SMILES string of the molecule is CCCCCCCCCCCCC(N)(N)COC(=O)CN. The van der Waals surface area contributed by atoms with Gasteiger partial charge in [0.25, 0.3) is 0 Å². The van der Waals surface area contributed by atoms with E-state index in [2.05, 4.69) is 6.92 Å². The average molecular weight is 301 g/mol. The van der Waals surface area contributed by atoms with Gasteiger partial charge in [0.1, 0.15) is 6.61 Å². The average Bonchev–Trinajstić information content (AvgIpc) is 2.46. The summed E-state index contributed by atoms with van der Waals surface area (Å²) >= 11 is 0. The molecule has 0 aliphatic rings. The normalized spacial score (nSPS) is 11.6. The molecule has 21 heavy (non-hydrogen) atoms. The summed E-state index contributed by atoms with van der Waals surface area (Å²) in [5, 5.41) is 0. The first-order valence-electron chi connectivity index (χ1n) is 8.45.